The van der Waals surface area contributed by atoms with Gasteiger partial charge >= 0.3 is 0 Å². The Kier molecular flexibility index (Phi) is 8.96. The minimum atomic E-state index is -1.56. The fraction of sp³-hybridized carbons (Fsp3) is 0.706. The van der Waals surface area contributed by atoms with Crippen molar-refractivity contribution in [1.82, 2.24) is 20.3 Å². The maximum atomic E-state index is 11.9. The minimum Gasteiger partial charge on any atom is -0.394 e. The van der Waals surface area contributed by atoms with Gasteiger partial charge in [0.1, 0.15) is 36.7 Å². The van der Waals surface area contributed by atoms with E-state index in [4.69, 9.17) is 14.6 Å². The fourth-order valence-electron chi connectivity index (χ4n) is 2.69. The number of allylic oxidation sites excluding steroid dienone is 1. The third kappa shape index (κ3) is 6.33. The van der Waals surface area contributed by atoms with Crippen molar-refractivity contribution in [2.24, 2.45) is 0 Å². The van der Waals surface area contributed by atoms with Gasteiger partial charge in [-0.3, -0.25) is 9.48 Å². The van der Waals surface area contributed by atoms with Crippen molar-refractivity contribution in [3.63, 3.8) is 0 Å². The quantitative estimate of drug-likeness (QED) is 0.210. The van der Waals surface area contributed by atoms with Crippen LogP contribution in [-0.2, 0) is 27.4 Å². The van der Waals surface area contributed by atoms with Gasteiger partial charge in [0.2, 0.25) is 5.91 Å². The normalized spacial score (nSPS) is 27.5. The molecule has 2 rings (SSSR count). The first-order valence-electron chi connectivity index (χ1n) is 9.15. The molecular weight excluding hydrogens is 372 g/mol. The molecule has 11 heteroatoms. The van der Waals surface area contributed by atoms with Gasteiger partial charge in [-0.25, -0.2) is 0 Å². The molecule has 0 aromatic carbocycles. The number of nitrogens with zero attached hydrogens (tertiary/aromatic N) is 3. The molecule has 1 fully saturated rings. The Bertz CT molecular complexity index is 624. The van der Waals surface area contributed by atoms with E-state index in [1.165, 1.54) is 0 Å². The van der Waals surface area contributed by atoms with Crippen molar-refractivity contribution >= 4 is 5.91 Å². The summed E-state index contributed by atoms with van der Waals surface area (Å²) in [5.41, 5.74) is 0.588. The van der Waals surface area contributed by atoms with Gasteiger partial charge in [0.25, 0.3) is 0 Å². The zero-order chi connectivity index (χ0) is 20.5. The smallest absolute Gasteiger partial charge is 0.246 e. The van der Waals surface area contributed by atoms with Crippen molar-refractivity contribution in [3.05, 3.63) is 24.5 Å². The number of nitrogens with one attached hydrogen (secondary N) is 1. The molecule has 0 saturated carbocycles. The van der Waals surface area contributed by atoms with Gasteiger partial charge in [0.15, 0.2) is 6.29 Å². The first-order valence-corrected chi connectivity index (χ1v) is 9.15. The lowest BCUT2D eigenvalue weighted by Crippen LogP contribution is -2.59. The molecule has 5 N–H and O–H groups in total. The number of ether oxygens (including phenoxy) is 2. The summed E-state index contributed by atoms with van der Waals surface area (Å²) in [4.78, 5) is 11.9. The Hall–Kier alpha value is -1.89. The first kappa shape index (κ1) is 22.4. The summed E-state index contributed by atoms with van der Waals surface area (Å²) >= 11 is 0. The highest BCUT2D eigenvalue weighted by atomic mass is 16.7. The lowest BCUT2D eigenvalue weighted by atomic mass is 9.99. The van der Waals surface area contributed by atoms with Crippen LogP contribution in [0.1, 0.15) is 25.0 Å². The summed E-state index contributed by atoms with van der Waals surface area (Å²) in [5, 5.41) is 48.9. The molecule has 1 aromatic heterocycles. The van der Waals surface area contributed by atoms with Crippen molar-refractivity contribution in [2.45, 2.75) is 63.1 Å². The van der Waals surface area contributed by atoms with E-state index < -0.39 is 49.8 Å². The van der Waals surface area contributed by atoms with Crippen LogP contribution in [-0.4, -0.2) is 85.2 Å². The molecule has 28 heavy (non-hydrogen) atoms. The molecule has 2 heterocycles. The molecule has 0 spiro atoms. The van der Waals surface area contributed by atoms with Crippen LogP contribution in [0.4, 0.5) is 0 Å². The summed E-state index contributed by atoms with van der Waals surface area (Å²) in [5.74, 6) is -0.488. The van der Waals surface area contributed by atoms with Crippen molar-refractivity contribution in [2.75, 3.05) is 13.2 Å². The minimum absolute atomic E-state index is 0.156. The molecule has 0 radical (unpaired) electrons. The van der Waals surface area contributed by atoms with Crippen LogP contribution in [0.3, 0.4) is 0 Å². The maximum Gasteiger partial charge on any atom is 0.246 e. The highest BCUT2D eigenvalue weighted by molar-refractivity contribution is 5.77. The number of carbonyl (C=O) groups is 1. The molecule has 158 valence electrons. The van der Waals surface area contributed by atoms with Gasteiger partial charge < -0.3 is 35.2 Å². The number of hydrogen-bond donors (Lipinski definition) is 5. The summed E-state index contributed by atoms with van der Waals surface area (Å²) in [6.07, 6.45) is -0.489. The van der Waals surface area contributed by atoms with Crippen LogP contribution in [0.15, 0.2) is 18.9 Å². The summed E-state index contributed by atoms with van der Waals surface area (Å²) in [7, 11) is 0. The van der Waals surface area contributed by atoms with E-state index in [-0.39, 0.29) is 6.54 Å². The van der Waals surface area contributed by atoms with E-state index >= 15 is 0 Å². The van der Waals surface area contributed by atoms with E-state index in [1.54, 1.807) is 10.9 Å². The van der Waals surface area contributed by atoms with E-state index in [9.17, 15) is 20.1 Å². The average molecular weight is 400 g/mol. The molecule has 1 aliphatic heterocycles. The van der Waals surface area contributed by atoms with Crippen LogP contribution < -0.4 is 5.32 Å². The molecule has 0 unspecified atom stereocenters. The SMILES string of the molecule is C=CCCCCn1cc(CNC(=O)CO[C@H]2O[C@H](CO)[C@H](O)[C@H](O)[C@H]2O)nn1. The zero-order valence-electron chi connectivity index (χ0n) is 15.6. The van der Waals surface area contributed by atoms with Crippen LogP contribution in [0.2, 0.25) is 0 Å². The lowest BCUT2D eigenvalue weighted by Gasteiger charge is -2.39. The van der Waals surface area contributed by atoms with Gasteiger partial charge in [-0.2, -0.15) is 0 Å². The second-order valence-corrected chi connectivity index (χ2v) is 6.54. The molecule has 0 bridgehead atoms. The Morgan fingerprint density at radius 1 is 1.32 bits per heavy atom. The summed E-state index contributed by atoms with van der Waals surface area (Å²) < 4.78 is 12.0. The molecule has 5 atom stereocenters. The second-order valence-electron chi connectivity index (χ2n) is 6.54. The molecule has 1 aromatic rings. The predicted octanol–water partition coefficient (Wildman–Crippen LogP) is -1.93. The third-order valence-corrected chi connectivity index (χ3v) is 4.33. The zero-order valence-corrected chi connectivity index (χ0v) is 15.6. The molecule has 11 nitrogen and oxygen atoms in total. The topological polar surface area (TPSA) is 159 Å². The Balaban J connectivity index is 1.71. The second kappa shape index (κ2) is 11.2. The number of aryl methyl sites for hydroxylation is 1. The number of aromatic nitrogens is 3. The number of rotatable bonds is 11. The van der Waals surface area contributed by atoms with Gasteiger partial charge in [0, 0.05) is 6.54 Å². The average Bonchev–Trinajstić information content (AvgIpc) is 3.15. The predicted molar refractivity (Wildman–Crippen MR) is 95.6 cm³/mol. The van der Waals surface area contributed by atoms with Gasteiger partial charge in [-0.1, -0.05) is 11.3 Å². The number of aliphatic hydroxyl groups is 4. The van der Waals surface area contributed by atoms with E-state index in [1.807, 2.05) is 6.08 Å². The Labute approximate surface area is 162 Å². The van der Waals surface area contributed by atoms with Crippen LogP contribution >= 0.6 is 0 Å². The van der Waals surface area contributed by atoms with Gasteiger partial charge in [-0.05, 0) is 19.3 Å². The van der Waals surface area contributed by atoms with Gasteiger partial charge in [-0.15, -0.1) is 11.7 Å². The number of hydrogen-bond acceptors (Lipinski definition) is 9. The Morgan fingerprint density at radius 2 is 2.11 bits per heavy atom. The van der Waals surface area contributed by atoms with E-state index in [0.717, 1.165) is 25.8 Å². The summed E-state index contributed by atoms with van der Waals surface area (Å²) in [6.45, 7) is 3.54. The number of amides is 1. The fourth-order valence-corrected chi connectivity index (χ4v) is 2.69. The Morgan fingerprint density at radius 3 is 2.82 bits per heavy atom. The lowest BCUT2D eigenvalue weighted by molar-refractivity contribution is -0.299. The summed E-state index contributed by atoms with van der Waals surface area (Å²) in [6, 6.07) is 0. The number of aliphatic hydroxyl groups excluding tert-OH is 4. The third-order valence-electron chi connectivity index (χ3n) is 4.33. The standard InChI is InChI=1S/C17H28N4O7/c1-2-3-4-5-6-21-8-11(19-20-21)7-18-13(23)10-27-17-16(26)15(25)14(24)12(9-22)28-17/h2,8,12,14-17,22,24-26H,1,3-7,9-10H2,(H,18,23)/t12-,14+,15+,16-,17+/m1/s1. The van der Waals surface area contributed by atoms with Crippen LogP contribution in [0, 0.1) is 0 Å². The first-order chi connectivity index (χ1) is 13.5. The maximum absolute atomic E-state index is 11.9. The van der Waals surface area contributed by atoms with E-state index in [2.05, 4.69) is 22.2 Å². The highest BCUT2D eigenvalue weighted by Crippen LogP contribution is 2.21. The molecule has 0 aliphatic carbocycles. The molecule has 1 saturated heterocycles. The molecule has 1 amide bonds. The molecule has 1 aliphatic rings. The van der Waals surface area contributed by atoms with Crippen LogP contribution in [0.25, 0.3) is 0 Å². The van der Waals surface area contributed by atoms with Crippen molar-refractivity contribution in [1.29, 1.82) is 0 Å². The van der Waals surface area contributed by atoms with Gasteiger partial charge in [0.05, 0.1) is 19.3 Å². The monoisotopic (exact) mass is 400 g/mol. The number of unbranched alkanes of at least 4 members (excludes halogenated alkanes) is 2. The van der Waals surface area contributed by atoms with Crippen molar-refractivity contribution in [3.8, 4) is 0 Å². The highest BCUT2D eigenvalue weighted by Gasteiger charge is 2.44. The van der Waals surface area contributed by atoms with E-state index in [0.29, 0.717) is 5.69 Å². The number of carbonyl (C=O) groups excluding carboxylic acids is 1. The molecular formula is C17H28N4O7. The van der Waals surface area contributed by atoms with Crippen molar-refractivity contribution < 1.29 is 34.7 Å². The van der Waals surface area contributed by atoms with Crippen LogP contribution in [0.5, 0.6) is 0 Å². The largest absolute Gasteiger partial charge is 0.394 e.